The van der Waals surface area contributed by atoms with Crippen molar-refractivity contribution in [3.8, 4) is 11.3 Å². The molecule has 3 rings (SSSR count). The van der Waals surface area contributed by atoms with Gasteiger partial charge in [-0.2, -0.15) is 0 Å². The number of rotatable bonds is 2. The maximum atomic E-state index is 6.04. The second-order valence-electron chi connectivity index (χ2n) is 4.76. The fraction of sp³-hybridized carbons (Fsp3) is 0.357. The second-order valence-corrected chi connectivity index (χ2v) is 5.20. The Hall–Kier alpha value is -1.32. The first kappa shape index (κ1) is 11.8. The summed E-state index contributed by atoms with van der Waals surface area (Å²) in [5, 5.41) is 4.14. The van der Waals surface area contributed by atoms with Crippen molar-refractivity contribution in [2.75, 3.05) is 13.1 Å². The second kappa shape index (κ2) is 4.75. The van der Waals surface area contributed by atoms with Gasteiger partial charge in [-0.1, -0.05) is 23.7 Å². The summed E-state index contributed by atoms with van der Waals surface area (Å²) in [7, 11) is 2.08. The van der Waals surface area contributed by atoms with Gasteiger partial charge in [0.1, 0.15) is 5.82 Å². The van der Waals surface area contributed by atoms with E-state index < -0.39 is 0 Å². The molecule has 1 N–H and O–H groups in total. The number of benzene rings is 1. The van der Waals surface area contributed by atoms with Crippen LogP contribution in [0.1, 0.15) is 18.2 Å². The summed E-state index contributed by atoms with van der Waals surface area (Å²) in [5.41, 5.74) is 2.24. The summed E-state index contributed by atoms with van der Waals surface area (Å²) in [6, 6.07) is 7.92. The van der Waals surface area contributed by atoms with E-state index in [4.69, 9.17) is 11.6 Å². The van der Waals surface area contributed by atoms with Gasteiger partial charge in [0, 0.05) is 30.1 Å². The van der Waals surface area contributed by atoms with Gasteiger partial charge in [-0.25, -0.2) is 4.98 Å². The fourth-order valence-electron chi connectivity index (χ4n) is 2.59. The van der Waals surface area contributed by atoms with Crippen molar-refractivity contribution >= 4 is 11.6 Å². The van der Waals surface area contributed by atoms with Crippen molar-refractivity contribution in [1.29, 1.82) is 0 Å². The highest BCUT2D eigenvalue weighted by Gasteiger charge is 2.21. The van der Waals surface area contributed by atoms with Gasteiger partial charge in [-0.3, -0.25) is 0 Å². The maximum Gasteiger partial charge on any atom is 0.113 e. The Morgan fingerprint density at radius 3 is 3.06 bits per heavy atom. The lowest BCUT2D eigenvalue weighted by Crippen LogP contribution is -2.11. The van der Waals surface area contributed by atoms with E-state index in [1.165, 1.54) is 6.42 Å². The molecular weight excluding hydrogens is 246 g/mol. The topological polar surface area (TPSA) is 29.9 Å². The van der Waals surface area contributed by atoms with E-state index in [-0.39, 0.29) is 0 Å². The summed E-state index contributed by atoms with van der Waals surface area (Å²) in [6.45, 7) is 2.11. The van der Waals surface area contributed by atoms with Crippen LogP contribution in [-0.2, 0) is 7.05 Å². The Morgan fingerprint density at radius 1 is 1.44 bits per heavy atom. The standard InChI is InChI=1S/C14H16ClN3/c1-18-13(10-3-2-4-12(15)7-10)9-17-14(18)11-5-6-16-8-11/h2-4,7,9,11,16H,5-6,8H2,1H3. The van der Waals surface area contributed by atoms with Crippen LogP contribution in [0.4, 0.5) is 0 Å². The predicted octanol–water partition coefficient (Wildman–Crippen LogP) is 2.82. The molecule has 4 heteroatoms. The molecule has 0 saturated carbocycles. The fourth-order valence-corrected chi connectivity index (χ4v) is 2.78. The molecule has 0 spiro atoms. The summed E-state index contributed by atoms with van der Waals surface area (Å²) < 4.78 is 2.18. The van der Waals surface area contributed by atoms with Gasteiger partial charge in [0.2, 0.25) is 0 Å². The predicted molar refractivity (Wildman–Crippen MR) is 73.9 cm³/mol. The molecule has 0 bridgehead atoms. The zero-order valence-corrected chi connectivity index (χ0v) is 11.1. The zero-order chi connectivity index (χ0) is 12.5. The normalized spacial score (nSPS) is 19.3. The van der Waals surface area contributed by atoms with Gasteiger partial charge in [-0.05, 0) is 25.1 Å². The van der Waals surface area contributed by atoms with Crippen molar-refractivity contribution in [1.82, 2.24) is 14.9 Å². The van der Waals surface area contributed by atoms with E-state index in [1.54, 1.807) is 0 Å². The number of nitrogens with one attached hydrogen (secondary N) is 1. The van der Waals surface area contributed by atoms with Crippen LogP contribution >= 0.6 is 11.6 Å². The van der Waals surface area contributed by atoms with E-state index >= 15 is 0 Å². The minimum absolute atomic E-state index is 0.530. The molecule has 1 unspecified atom stereocenters. The number of imidazole rings is 1. The molecule has 0 aliphatic carbocycles. The molecule has 3 nitrogen and oxygen atoms in total. The largest absolute Gasteiger partial charge is 0.331 e. The van der Waals surface area contributed by atoms with Crippen molar-refractivity contribution in [2.45, 2.75) is 12.3 Å². The minimum atomic E-state index is 0.530. The third-order valence-corrected chi connectivity index (χ3v) is 3.81. The molecule has 1 aromatic carbocycles. The van der Waals surface area contributed by atoms with Gasteiger partial charge in [0.15, 0.2) is 0 Å². The average Bonchev–Trinajstić information content (AvgIpc) is 2.97. The smallest absolute Gasteiger partial charge is 0.113 e. The number of hydrogen-bond donors (Lipinski definition) is 1. The lowest BCUT2D eigenvalue weighted by Gasteiger charge is -2.10. The average molecular weight is 262 g/mol. The van der Waals surface area contributed by atoms with Crippen LogP contribution in [0.15, 0.2) is 30.5 Å². The zero-order valence-electron chi connectivity index (χ0n) is 10.4. The lowest BCUT2D eigenvalue weighted by molar-refractivity contribution is 0.662. The van der Waals surface area contributed by atoms with Crippen LogP contribution in [0.2, 0.25) is 5.02 Å². The lowest BCUT2D eigenvalue weighted by atomic mass is 10.1. The molecule has 1 aromatic heterocycles. The van der Waals surface area contributed by atoms with Crippen LogP contribution in [0.3, 0.4) is 0 Å². The molecule has 1 aliphatic rings. The van der Waals surface area contributed by atoms with Crippen LogP contribution in [0.5, 0.6) is 0 Å². The molecule has 1 atom stereocenters. The van der Waals surface area contributed by atoms with Crippen molar-refractivity contribution < 1.29 is 0 Å². The Morgan fingerprint density at radius 2 is 2.33 bits per heavy atom. The summed E-state index contributed by atoms with van der Waals surface area (Å²) in [6.07, 6.45) is 3.11. The first-order chi connectivity index (χ1) is 8.75. The van der Waals surface area contributed by atoms with Gasteiger partial charge in [-0.15, -0.1) is 0 Å². The SMILES string of the molecule is Cn1c(-c2cccc(Cl)c2)cnc1C1CCNC1. The highest BCUT2D eigenvalue weighted by molar-refractivity contribution is 6.30. The van der Waals surface area contributed by atoms with E-state index in [0.29, 0.717) is 5.92 Å². The van der Waals surface area contributed by atoms with E-state index in [0.717, 1.165) is 35.2 Å². The van der Waals surface area contributed by atoms with Gasteiger partial charge in [0.05, 0.1) is 11.9 Å². The first-order valence-electron chi connectivity index (χ1n) is 6.24. The van der Waals surface area contributed by atoms with Crippen LogP contribution in [-0.4, -0.2) is 22.6 Å². The Bertz CT molecular complexity index is 556. The molecule has 1 fully saturated rings. The highest BCUT2D eigenvalue weighted by atomic mass is 35.5. The highest BCUT2D eigenvalue weighted by Crippen LogP contribution is 2.27. The Labute approximate surface area is 112 Å². The van der Waals surface area contributed by atoms with Gasteiger partial charge in [0.25, 0.3) is 0 Å². The van der Waals surface area contributed by atoms with Crippen LogP contribution < -0.4 is 5.32 Å². The number of halogens is 1. The molecule has 0 radical (unpaired) electrons. The van der Waals surface area contributed by atoms with Crippen molar-refractivity contribution in [2.24, 2.45) is 7.05 Å². The maximum absolute atomic E-state index is 6.04. The summed E-state index contributed by atoms with van der Waals surface area (Å²) >= 11 is 6.04. The molecular formula is C14H16ClN3. The number of nitrogens with zero attached hydrogens (tertiary/aromatic N) is 2. The summed E-state index contributed by atoms with van der Waals surface area (Å²) in [4.78, 5) is 4.58. The Balaban J connectivity index is 1.98. The van der Waals surface area contributed by atoms with E-state index in [2.05, 4.69) is 28.0 Å². The third kappa shape index (κ3) is 2.04. The molecule has 2 aromatic rings. The van der Waals surface area contributed by atoms with Crippen molar-refractivity contribution in [3.63, 3.8) is 0 Å². The molecule has 0 amide bonds. The Kier molecular flexibility index (Phi) is 3.10. The van der Waals surface area contributed by atoms with E-state index in [1.807, 2.05) is 24.4 Å². The first-order valence-corrected chi connectivity index (χ1v) is 6.62. The molecule has 2 heterocycles. The molecule has 1 saturated heterocycles. The van der Waals surface area contributed by atoms with Crippen LogP contribution in [0, 0.1) is 0 Å². The van der Waals surface area contributed by atoms with Gasteiger partial charge < -0.3 is 9.88 Å². The minimum Gasteiger partial charge on any atom is -0.331 e. The number of aromatic nitrogens is 2. The van der Waals surface area contributed by atoms with Gasteiger partial charge >= 0.3 is 0 Å². The number of hydrogen-bond acceptors (Lipinski definition) is 2. The molecule has 18 heavy (non-hydrogen) atoms. The van der Waals surface area contributed by atoms with Crippen LogP contribution in [0.25, 0.3) is 11.3 Å². The molecule has 94 valence electrons. The monoisotopic (exact) mass is 261 g/mol. The van der Waals surface area contributed by atoms with E-state index in [9.17, 15) is 0 Å². The quantitative estimate of drug-likeness (QED) is 0.901. The van der Waals surface area contributed by atoms with Crippen molar-refractivity contribution in [3.05, 3.63) is 41.3 Å². The molecule has 1 aliphatic heterocycles. The third-order valence-electron chi connectivity index (χ3n) is 3.57. The summed E-state index contributed by atoms with van der Waals surface area (Å²) in [5.74, 6) is 1.69.